The molecule has 1 heterocycles. The molecule has 0 saturated heterocycles. The standard InChI is InChI=1S/C21H24ClN3OS2.ClH/c1-24(2)12-6-13-25(20(26)11-14-27-17-7-4-3-5-8-17)21-23-18-10-9-16(22)15-19(18)28-21;/h3-5,7-10,15H,6,11-14H2,1-2H3;1H. The van der Waals surface area contributed by atoms with Crippen LogP contribution >= 0.6 is 47.1 Å². The monoisotopic (exact) mass is 469 g/mol. The summed E-state index contributed by atoms with van der Waals surface area (Å²) in [5, 5.41) is 1.44. The molecule has 0 saturated carbocycles. The Kier molecular flexibility index (Phi) is 9.72. The van der Waals surface area contributed by atoms with Crippen LogP contribution in [0.1, 0.15) is 12.8 Å². The molecule has 0 spiro atoms. The van der Waals surface area contributed by atoms with Crippen LogP contribution in [-0.2, 0) is 4.79 Å². The smallest absolute Gasteiger partial charge is 0.229 e. The lowest BCUT2D eigenvalue weighted by molar-refractivity contribution is -0.118. The van der Waals surface area contributed by atoms with Gasteiger partial charge in [0.25, 0.3) is 0 Å². The zero-order chi connectivity index (χ0) is 19.9. The van der Waals surface area contributed by atoms with E-state index in [4.69, 9.17) is 11.6 Å². The minimum atomic E-state index is 0. The van der Waals surface area contributed by atoms with Gasteiger partial charge in [-0.05, 0) is 57.4 Å². The molecule has 0 aliphatic heterocycles. The second kappa shape index (κ2) is 11.8. The number of amides is 1. The number of nitrogens with zero attached hydrogens (tertiary/aromatic N) is 3. The largest absolute Gasteiger partial charge is 0.309 e. The van der Waals surface area contributed by atoms with Gasteiger partial charge in [-0.15, -0.1) is 24.2 Å². The van der Waals surface area contributed by atoms with Crippen LogP contribution in [-0.4, -0.2) is 48.7 Å². The third-order valence-electron chi connectivity index (χ3n) is 4.19. The van der Waals surface area contributed by atoms with Gasteiger partial charge in [0, 0.05) is 28.6 Å². The molecule has 0 N–H and O–H groups in total. The average Bonchev–Trinajstić information content (AvgIpc) is 3.08. The molecule has 4 nitrogen and oxygen atoms in total. The maximum atomic E-state index is 13.0. The summed E-state index contributed by atoms with van der Waals surface area (Å²) in [4.78, 5) is 22.8. The van der Waals surface area contributed by atoms with Gasteiger partial charge >= 0.3 is 0 Å². The van der Waals surface area contributed by atoms with Gasteiger partial charge in [0.05, 0.1) is 10.2 Å². The van der Waals surface area contributed by atoms with Crippen molar-refractivity contribution in [2.24, 2.45) is 0 Å². The number of hydrogen-bond donors (Lipinski definition) is 0. The Balaban J connectivity index is 0.00000300. The zero-order valence-electron chi connectivity index (χ0n) is 16.5. The number of hydrogen-bond acceptors (Lipinski definition) is 5. The highest BCUT2D eigenvalue weighted by molar-refractivity contribution is 7.99. The maximum Gasteiger partial charge on any atom is 0.229 e. The van der Waals surface area contributed by atoms with Crippen molar-refractivity contribution in [2.45, 2.75) is 17.7 Å². The van der Waals surface area contributed by atoms with Gasteiger partial charge in [0.2, 0.25) is 5.91 Å². The van der Waals surface area contributed by atoms with Crippen molar-refractivity contribution in [1.82, 2.24) is 9.88 Å². The first-order valence-electron chi connectivity index (χ1n) is 9.22. The highest BCUT2D eigenvalue weighted by atomic mass is 35.5. The topological polar surface area (TPSA) is 36.4 Å². The van der Waals surface area contributed by atoms with Crippen molar-refractivity contribution in [3.63, 3.8) is 0 Å². The van der Waals surface area contributed by atoms with Crippen molar-refractivity contribution in [3.05, 3.63) is 53.6 Å². The van der Waals surface area contributed by atoms with Crippen LogP contribution < -0.4 is 4.90 Å². The number of anilines is 1. The third kappa shape index (κ3) is 7.15. The number of carbonyl (C=O) groups excluding carboxylic acids is 1. The van der Waals surface area contributed by atoms with E-state index in [1.165, 1.54) is 16.2 Å². The van der Waals surface area contributed by atoms with E-state index in [1.54, 1.807) is 11.8 Å². The van der Waals surface area contributed by atoms with Gasteiger partial charge < -0.3 is 4.90 Å². The van der Waals surface area contributed by atoms with Gasteiger partial charge in [-0.3, -0.25) is 9.69 Å². The first-order chi connectivity index (χ1) is 13.5. The molecule has 1 aromatic heterocycles. The van der Waals surface area contributed by atoms with Gasteiger partial charge in [-0.2, -0.15) is 0 Å². The normalized spacial score (nSPS) is 10.9. The Bertz CT molecular complexity index is 919. The van der Waals surface area contributed by atoms with E-state index >= 15 is 0 Å². The van der Waals surface area contributed by atoms with E-state index in [9.17, 15) is 4.79 Å². The number of thiazole rings is 1. The number of fused-ring (bicyclic) bond motifs is 1. The summed E-state index contributed by atoms with van der Waals surface area (Å²) < 4.78 is 1.01. The predicted octanol–water partition coefficient (Wildman–Crippen LogP) is 5.84. The van der Waals surface area contributed by atoms with E-state index in [0.29, 0.717) is 18.0 Å². The van der Waals surface area contributed by atoms with Crippen LogP contribution in [0.4, 0.5) is 5.13 Å². The molecule has 8 heteroatoms. The second-order valence-electron chi connectivity index (χ2n) is 6.72. The van der Waals surface area contributed by atoms with E-state index in [1.807, 2.05) is 55.4 Å². The summed E-state index contributed by atoms with van der Waals surface area (Å²) in [5.74, 6) is 0.872. The van der Waals surface area contributed by atoms with Crippen LogP contribution in [0.2, 0.25) is 5.02 Å². The van der Waals surface area contributed by atoms with E-state index in [0.717, 1.165) is 34.1 Å². The highest BCUT2D eigenvalue weighted by Gasteiger charge is 2.19. The molecule has 0 aliphatic rings. The molecule has 2 aromatic carbocycles. The molecule has 0 bridgehead atoms. The number of halogens is 2. The van der Waals surface area contributed by atoms with Crippen molar-refractivity contribution >= 4 is 68.4 Å². The fourth-order valence-corrected chi connectivity index (χ4v) is 4.93. The minimum Gasteiger partial charge on any atom is -0.309 e. The molecule has 156 valence electrons. The van der Waals surface area contributed by atoms with Crippen molar-refractivity contribution < 1.29 is 4.79 Å². The average molecular weight is 470 g/mol. The van der Waals surface area contributed by atoms with Crippen LogP contribution in [0.25, 0.3) is 10.2 Å². The Morgan fingerprint density at radius 2 is 1.90 bits per heavy atom. The summed E-state index contributed by atoms with van der Waals surface area (Å²) in [5.41, 5.74) is 0.883. The molecule has 1 amide bonds. The van der Waals surface area contributed by atoms with Crippen LogP contribution in [0, 0.1) is 0 Å². The SMILES string of the molecule is CN(C)CCCN(C(=O)CCSc1ccccc1)c1nc2ccc(Cl)cc2s1.Cl. The van der Waals surface area contributed by atoms with E-state index in [-0.39, 0.29) is 18.3 Å². The molecular formula is C21H25Cl2N3OS2. The molecule has 3 rings (SSSR count). The molecule has 0 unspecified atom stereocenters. The van der Waals surface area contributed by atoms with E-state index < -0.39 is 0 Å². The quantitative estimate of drug-likeness (QED) is 0.368. The summed E-state index contributed by atoms with van der Waals surface area (Å²) in [6.07, 6.45) is 1.39. The molecule has 0 atom stereocenters. The number of thioether (sulfide) groups is 1. The molecule has 0 aliphatic carbocycles. The molecule has 0 radical (unpaired) electrons. The number of benzene rings is 2. The Hall–Kier alpha value is -1.31. The molecule has 0 fully saturated rings. The lowest BCUT2D eigenvalue weighted by Crippen LogP contribution is -2.33. The molecular weight excluding hydrogens is 445 g/mol. The number of carbonyl (C=O) groups is 1. The van der Waals surface area contributed by atoms with Gasteiger partial charge in [-0.25, -0.2) is 4.98 Å². The van der Waals surface area contributed by atoms with Gasteiger partial charge in [0.15, 0.2) is 5.13 Å². The fraction of sp³-hybridized carbons (Fsp3) is 0.333. The van der Waals surface area contributed by atoms with E-state index in [2.05, 4.69) is 22.0 Å². The highest BCUT2D eigenvalue weighted by Crippen LogP contribution is 2.31. The lowest BCUT2D eigenvalue weighted by atomic mass is 10.3. The summed E-state index contributed by atoms with van der Waals surface area (Å²) in [6.45, 7) is 1.60. The maximum absolute atomic E-state index is 13.0. The lowest BCUT2D eigenvalue weighted by Gasteiger charge is -2.21. The summed E-state index contributed by atoms with van der Waals surface area (Å²) in [6, 6.07) is 15.8. The van der Waals surface area contributed by atoms with Crippen molar-refractivity contribution in [1.29, 1.82) is 0 Å². The Morgan fingerprint density at radius 3 is 2.62 bits per heavy atom. The van der Waals surface area contributed by atoms with Gasteiger partial charge in [0.1, 0.15) is 0 Å². The number of rotatable bonds is 9. The van der Waals surface area contributed by atoms with Crippen molar-refractivity contribution in [3.8, 4) is 0 Å². The Morgan fingerprint density at radius 1 is 1.14 bits per heavy atom. The molecule has 29 heavy (non-hydrogen) atoms. The number of aromatic nitrogens is 1. The van der Waals surface area contributed by atoms with Crippen LogP contribution in [0.3, 0.4) is 0 Å². The van der Waals surface area contributed by atoms with Crippen LogP contribution in [0.5, 0.6) is 0 Å². The summed E-state index contributed by atoms with van der Waals surface area (Å²) >= 11 is 9.34. The fourth-order valence-electron chi connectivity index (χ4n) is 2.78. The van der Waals surface area contributed by atoms with Gasteiger partial charge in [-0.1, -0.05) is 41.1 Å². The first kappa shape index (κ1) is 24.0. The minimum absolute atomic E-state index is 0. The van der Waals surface area contributed by atoms with Crippen molar-refractivity contribution in [2.75, 3.05) is 37.8 Å². The first-order valence-corrected chi connectivity index (χ1v) is 11.4. The zero-order valence-corrected chi connectivity index (χ0v) is 19.7. The summed E-state index contributed by atoms with van der Waals surface area (Å²) in [7, 11) is 4.09. The Labute approximate surface area is 191 Å². The molecule has 3 aromatic rings. The second-order valence-corrected chi connectivity index (χ2v) is 9.34. The van der Waals surface area contributed by atoms with Crippen LogP contribution in [0.15, 0.2) is 53.4 Å². The third-order valence-corrected chi connectivity index (χ3v) is 6.48. The predicted molar refractivity (Wildman–Crippen MR) is 129 cm³/mol.